The summed E-state index contributed by atoms with van der Waals surface area (Å²) < 4.78 is 0. The molecule has 5 nitrogen and oxygen atoms in total. The molecule has 1 spiro atoms. The lowest BCUT2D eigenvalue weighted by Gasteiger charge is -2.49. The fourth-order valence-electron chi connectivity index (χ4n) is 6.96. The van der Waals surface area contributed by atoms with Gasteiger partial charge in [0.2, 0.25) is 0 Å². The number of aromatic nitrogens is 1. The molecule has 4 heterocycles. The summed E-state index contributed by atoms with van der Waals surface area (Å²) in [5.74, 6) is 0. The van der Waals surface area contributed by atoms with E-state index in [2.05, 4.69) is 62.8 Å². The maximum atomic E-state index is 11.7. The van der Waals surface area contributed by atoms with E-state index in [0.717, 1.165) is 55.9 Å². The molecule has 0 amide bonds. The van der Waals surface area contributed by atoms with E-state index in [4.69, 9.17) is 11.6 Å². The number of nitrogens with one attached hydrogen (secondary N) is 1. The Hall–Kier alpha value is -2.44. The lowest BCUT2D eigenvalue weighted by Crippen LogP contribution is -2.54. The second-order valence-electron chi connectivity index (χ2n) is 10.9. The van der Waals surface area contributed by atoms with Crippen molar-refractivity contribution in [3.05, 3.63) is 88.7 Å². The van der Waals surface area contributed by atoms with E-state index in [-0.39, 0.29) is 16.9 Å². The van der Waals surface area contributed by atoms with Crippen LogP contribution in [0.1, 0.15) is 49.3 Å². The first-order valence-electron chi connectivity index (χ1n) is 12.9. The van der Waals surface area contributed by atoms with Gasteiger partial charge in [0.25, 0.3) is 0 Å². The van der Waals surface area contributed by atoms with Crippen molar-refractivity contribution in [3.63, 3.8) is 0 Å². The van der Waals surface area contributed by atoms with Gasteiger partial charge in [-0.15, -0.1) is 0 Å². The number of para-hydroxylation sites is 1. The second kappa shape index (κ2) is 8.04. The minimum absolute atomic E-state index is 0.109. The predicted octanol–water partition coefficient (Wildman–Crippen LogP) is 5.17. The van der Waals surface area contributed by atoms with E-state index in [1.54, 1.807) is 0 Å². The van der Waals surface area contributed by atoms with Crippen LogP contribution in [0.25, 0.3) is 10.9 Å². The summed E-state index contributed by atoms with van der Waals surface area (Å²) in [6, 6.07) is 18.8. The van der Waals surface area contributed by atoms with Gasteiger partial charge in [0.05, 0.1) is 11.6 Å². The highest BCUT2D eigenvalue weighted by Crippen LogP contribution is 2.53. The van der Waals surface area contributed by atoms with Gasteiger partial charge in [-0.3, -0.25) is 9.88 Å². The number of hydrazine groups is 1. The molecular weight excluding hydrogens is 456 g/mol. The number of rotatable bonds is 4. The van der Waals surface area contributed by atoms with Gasteiger partial charge in [-0.1, -0.05) is 48.4 Å². The highest BCUT2D eigenvalue weighted by Gasteiger charge is 2.54. The lowest BCUT2D eigenvalue weighted by atomic mass is 9.63. The SMILES string of the molecule is OC(N1CCC2(CCN3NC(c4cnc5ccccc5c4)C=C32)C1)C1(c2ccc(Cl)cc2)CCC1. The fourth-order valence-corrected chi connectivity index (χ4v) is 7.09. The largest absolute Gasteiger partial charge is 0.377 e. The van der Waals surface area contributed by atoms with Crippen LogP contribution in [0.15, 0.2) is 72.6 Å². The molecule has 180 valence electrons. The van der Waals surface area contributed by atoms with E-state index < -0.39 is 6.23 Å². The summed E-state index contributed by atoms with van der Waals surface area (Å²) in [4.78, 5) is 7.03. The van der Waals surface area contributed by atoms with Crippen LogP contribution in [0, 0.1) is 5.41 Å². The lowest BCUT2D eigenvalue weighted by molar-refractivity contribution is -0.0788. The van der Waals surface area contributed by atoms with Crippen molar-refractivity contribution in [3.8, 4) is 0 Å². The number of aliphatic hydroxyl groups is 1. The summed E-state index contributed by atoms with van der Waals surface area (Å²) in [6.45, 7) is 2.86. The van der Waals surface area contributed by atoms with Crippen molar-refractivity contribution >= 4 is 22.5 Å². The molecule has 2 saturated heterocycles. The number of benzene rings is 2. The molecule has 35 heavy (non-hydrogen) atoms. The van der Waals surface area contributed by atoms with E-state index >= 15 is 0 Å². The molecule has 7 rings (SSSR count). The van der Waals surface area contributed by atoms with E-state index in [1.807, 2.05) is 24.4 Å². The number of fused-ring (bicyclic) bond motifs is 3. The van der Waals surface area contributed by atoms with Gasteiger partial charge in [0, 0.05) is 52.8 Å². The monoisotopic (exact) mass is 486 g/mol. The van der Waals surface area contributed by atoms with E-state index in [1.165, 1.54) is 28.6 Å². The number of hydrogen-bond acceptors (Lipinski definition) is 5. The van der Waals surface area contributed by atoms with Crippen LogP contribution in [0.2, 0.25) is 5.02 Å². The Kier molecular flexibility index (Phi) is 5.01. The summed E-state index contributed by atoms with van der Waals surface area (Å²) in [7, 11) is 0. The van der Waals surface area contributed by atoms with Gasteiger partial charge >= 0.3 is 0 Å². The summed E-state index contributed by atoms with van der Waals surface area (Å²) in [5.41, 5.74) is 8.52. The molecule has 1 aliphatic carbocycles. The van der Waals surface area contributed by atoms with Crippen molar-refractivity contribution in [1.82, 2.24) is 20.3 Å². The molecule has 6 heteroatoms. The molecule has 4 aliphatic rings. The van der Waals surface area contributed by atoms with E-state index in [9.17, 15) is 5.11 Å². The Morgan fingerprint density at radius 1 is 1.03 bits per heavy atom. The highest BCUT2D eigenvalue weighted by atomic mass is 35.5. The predicted molar refractivity (Wildman–Crippen MR) is 139 cm³/mol. The van der Waals surface area contributed by atoms with Crippen molar-refractivity contribution in [2.75, 3.05) is 19.6 Å². The molecule has 3 aromatic rings. The Bertz CT molecular complexity index is 1300. The first-order chi connectivity index (χ1) is 17.1. The maximum Gasteiger partial charge on any atom is 0.117 e. The maximum absolute atomic E-state index is 11.7. The summed E-state index contributed by atoms with van der Waals surface area (Å²) in [6.07, 6.45) is 9.42. The van der Waals surface area contributed by atoms with Gasteiger partial charge in [-0.25, -0.2) is 5.43 Å². The third-order valence-electron chi connectivity index (χ3n) is 9.13. The van der Waals surface area contributed by atoms with Gasteiger partial charge in [0.15, 0.2) is 0 Å². The standard InChI is InChI=1S/C29H31ClN4O/c30-23-8-6-22(7-9-23)29(10-3-11-29)27(35)33-14-12-28(19-33)13-15-34-26(28)17-25(32-34)21-16-20-4-1-2-5-24(20)31-18-21/h1-2,4-9,16-18,25,27,32,35H,3,10-15,19H2. The van der Waals surface area contributed by atoms with E-state index in [0.29, 0.717) is 0 Å². The van der Waals surface area contributed by atoms with Crippen molar-refractivity contribution < 1.29 is 5.11 Å². The molecule has 0 bridgehead atoms. The first-order valence-corrected chi connectivity index (χ1v) is 13.2. The van der Waals surface area contributed by atoms with Gasteiger partial charge in [0.1, 0.15) is 6.23 Å². The quantitative estimate of drug-likeness (QED) is 0.533. The van der Waals surface area contributed by atoms with Crippen LogP contribution in [-0.4, -0.2) is 45.9 Å². The number of aliphatic hydroxyl groups excluding tert-OH is 1. The molecule has 2 aromatic carbocycles. The Labute approximate surface area is 211 Å². The van der Waals surface area contributed by atoms with Crippen LogP contribution >= 0.6 is 11.6 Å². The molecule has 3 aliphatic heterocycles. The molecule has 3 unspecified atom stereocenters. The summed E-state index contributed by atoms with van der Waals surface area (Å²) in [5, 5.41) is 16.0. The average molecular weight is 487 g/mol. The zero-order chi connectivity index (χ0) is 23.6. The average Bonchev–Trinajstić information content (AvgIpc) is 3.56. The zero-order valence-corrected chi connectivity index (χ0v) is 20.6. The number of halogens is 1. The third-order valence-corrected chi connectivity index (χ3v) is 9.38. The van der Waals surface area contributed by atoms with Crippen molar-refractivity contribution in [2.45, 2.75) is 49.8 Å². The van der Waals surface area contributed by atoms with Crippen molar-refractivity contribution in [1.29, 1.82) is 0 Å². The molecular formula is C29H31ClN4O. The molecule has 1 saturated carbocycles. The Balaban J connectivity index is 1.14. The smallest absolute Gasteiger partial charge is 0.117 e. The van der Waals surface area contributed by atoms with Crippen LogP contribution in [0.3, 0.4) is 0 Å². The number of nitrogens with zero attached hydrogens (tertiary/aromatic N) is 3. The molecule has 0 radical (unpaired) electrons. The molecule has 3 atom stereocenters. The highest BCUT2D eigenvalue weighted by molar-refractivity contribution is 6.30. The van der Waals surface area contributed by atoms with Gasteiger partial charge in [-0.05, 0) is 67.2 Å². The topological polar surface area (TPSA) is 51.6 Å². The van der Waals surface area contributed by atoms with Gasteiger partial charge in [-0.2, -0.15) is 0 Å². The van der Waals surface area contributed by atoms with Crippen molar-refractivity contribution in [2.24, 2.45) is 5.41 Å². The second-order valence-corrected chi connectivity index (χ2v) is 11.3. The Morgan fingerprint density at radius 2 is 1.83 bits per heavy atom. The molecule has 3 fully saturated rings. The van der Waals surface area contributed by atoms with Crippen LogP contribution in [0.4, 0.5) is 0 Å². The number of likely N-dealkylation sites (tertiary alicyclic amines) is 1. The Morgan fingerprint density at radius 3 is 2.63 bits per heavy atom. The molecule has 1 aromatic heterocycles. The first kappa shape index (κ1) is 21.8. The fraction of sp³-hybridized carbons (Fsp3) is 0.414. The minimum atomic E-state index is -0.457. The van der Waals surface area contributed by atoms with Gasteiger partial charge < -0.3 is 10.1 Å². The molecule has 2 N–H and O–H groups in total. The zero-order valence-electron chi connectivity index (χ0n) is 19.8. The normalized spacial score (nSPS) is 28.3. The number of hydrogen-bond donors (Lipinski definition) is 2. The van der Waals surface area contributed by atoms with Crippen LogP contribution in [0.5, 0.6) is 0 Å². The third kappa shape index (κ3) is 3.36. The van der Waals surface area contributed by atoms with Crippen LogP contribution < -0.4 is 5.43 Å². The summed E-state index contributed by atoms with van der Waals surface area (Å²) >= 11 is 6.15. The van der Waals surface area contributed by atoms with Crippen LogP contribution in [-0.2, 0) is 5.41 Å². The minimum Gasteiger partial charge on any atom is -0.377 e. The number of pyridine rings is 1.